The van der Waals surface area contributed by atoms with Crippen LogP contribution in [0.2, 0.25) is 0 Å². The summed E-state index contributed by atoms with van der Waals surface area (Å²) in [5, 5.41) is 7.75. The summed E-state index contributed by atoms with van der Waals surface area (Å²) in [5.74, 6) is 1.80. The molecule has 31 heavy (non-hydrogen) atoms. The molecule has 166 valence electrons. The zero-order valence-electron chi connectivity index (χ0n) is 16.9. The van der Waals surface area contributed by atoms with E-state index in [1.165, 1.54) is 18.8 Å². The van der Waals surface area contributed by atoms with Crippen LogP contribution in [0, 0.1) is 11.3 Å². The highest BCUT2D eigenvalue weighted by atomic mass is 32.2. The molecule has 0 aromatic carbocycles. The molecule has 1 atom stereocenters. The number of imidazole rings is 1. The molecule has 2 fully saturated rings. The minimum Gasteiger partial charge on any atom is -0.379 e. The number of nitrogens with zero attached hydrogens (tertiary/aromatic N) is 4. The number of rotatable bonds is 9. The number of ether oxygens (including phenoxy) is 1. The maximum Gasteiger partial charge on any atom is 0.279 e. The highest BCUT2D eigenvalue weighted by Crippen LogP contribution is 2.25. The summed E-state index contributed by atoms with van der Waals surface area (Å²) in [6.45, 7) is 4.50. The van der Waals surface area contributed by atoms with E-state index in [1.54, 1.807) is 18.1 Å². The number of H-pyrrole nitrogens is 1. The van der Waals surface area contributed by atoms with Gasteiger partial charge in [-0.3, -0.25) is 10.1 Å². The molecule has 8 nitrogen and oxygen atoms in total. The molecule has 4 rings (SSSR count). The van der Waals surface area contributed by atoms with Gasteiger partial charge in [-0.1, -0.05) is 11.9 Å². The number of aromatic nitrogens is 4. The Balaban J connectivity index is 1.37. The van der Waals surface area contributed by atoms with E-state index in [0.29, 0.717) is 28.4 Å². The first-order valence-electron chi connectivity index (χ1n) is 10.2. The number of anilines is 1. The van der Waals surface area contributed by atoms with Gasteiger partial charge in [0.1, 0.15) is 18.0 Å². The van der Waals surface area contributed by atoms with Crippen LogP contribution in [0.4, 0.5) is 14.6 Å². The molecule has 0 saturated carbocycles. The molecule has 0 amide bonds. The number of halogens is 2. The Labute approximate surface area is 183 Å². The van der Waals surface area contributed by atoms with E-state index in [2.05, 4.69) is 29.6 Å². The standard InChI is InChI=1S/C20H25F2N7OS/c21-20(22)15(23)3-4-18-24-8-17(28-18)16-6-19(26-12-25-16)29-5-1-2-13(9-29)7-27-31-14-10-30-11-14/h3-4,6,8,12-14,20,23,27H,1-2,5,7,9-11H2,(H,24,28)/b4-3-,23-15?. The SMILES string of the molecule is N=C(/C=C\c1ncc(-c2cc(N3CCCC(CNSC4COC4)C3)ncn2)[nH]1)C(F)F. The highest BCUT2D eigenvalue weighted by Gasteiger charge is 2.23. The summed E-state index contributed by atoms with van der Waals surface area (Å²) in [6.07, 6.45) is 5.02. The van der Waals surface area contributed by atoms with Gasteiger partial charge in [-0.15, -0.1) is 0 Å². The smallest absolute Gasteiger partial charge is 0.279 e. The lowest BCUT2D eigenvalue weighted by molar-refractivity contribution is 0.0452. The van der Waals surface area contributed by atoms with Crippen molar-refractivity contribution in [1.29, 1.82) is 5.41 Å². The van der Waals surface area contributed by atoms with Crippen molar-refractivity contribution in [3.8, 4) is 11.4 Å². The highest BCUT2D eigenvalue weighted by molar-refractivity contribution is 7.98. The maximum atomic E-state index is 12.4. The lowest BCUT2D eigenvalue weighted by Crippen LogP contribution is -2.40. The van der Waals surface area contributed by atoms with Crippen molar-refractivity contribution in [2.24, 2.45) is 5.92 Å². The van der Waals surface area contributed by atoms with Gasteiger partial charge in [-0.25, -0.2) is 23.7 Å². The molecule has 0 bridgehead atoms. The van der Waals surface area contributed by atoms with Crippen LogP contribution < -0.4 is 9.62 Å². The molecular formula is C20H25F2N7OS. The lowest BCUT2D eigenvalue weighted by atomic mass is 9.98. The van der Waals surface area contributed by atoms with E-state index in [9.17, 15) is 8.78 Å². The molecule has 2 saturated heterocycles. The van der Waals surface area contributed by atoms with Gasteiger partial charge in [0, 0.05) is 25.7 Å². The summed E-state index contributed by atoms with van der Waals surface area (Å²) in [5.41, 5.74) is 0.596. The fraction of sp³-hybridized carbons (Fsp3) is 0.500. The third-order valence-electron chi connectivity index (χ3n) is 5.25. The zero-order chi connectivity index (χ0) is 21.6. The molecule has 0 spiro atoms. The monoisotopic (exact) mass is 449 g/mol. The van der Waals surface area contributed by atoms with Gasteiger partial charge in [0.15, 0.2) is 0 Å². The van der Waals surface area contributed by atoms with Gasteiger partial charge in [0.05, 0.1) is 41.8 Å². The Bertz CT molecular complexity index is 918. The van der Waals surface area contributed by atoms with Crippen molar-refractivity contribution < 1.29 is 13.5 Å². The van der Waals surface area contributed by atoms with Crippen LogP contribution in [0.3, 0.4) is 0 Å². The maximum absolute atomic E-state index is 12.4. The van der Waals surface area contributed by atoms with Crippen molar-refractivity contribution in [1.82, 2.24) is 24.7 Å². The average Bonchev–Trinajstić information content (AvgIpc) is 3.23. The molecule has 11 heteroatoms. The molecule has 2 aromatic heterocycles. The molecule has 2 aliphatic rings. The molecule has 0 aliphatic carbocycles. The van der Waals surface area contributed by atoms with Crippen molar-refractivity contribution in [3.05, 3.63) is 30.5 Å². The number of piperidine rings is 1. The third kappa shape index (κ3) is 5.86. The first-order chi connectivity index (χ1) is 15.1. The first kappa shape index (κ1) is 21.8. The molecule has 0 radical (unpaired) electrons. The molecule has 2 aliphatic heterocycles. The topological polar surface area (TPSA) is 103 Å². The Kier molecular flexibility index (Phi) is 7.25. The van der Waals surface area contributed by atoms with Gasteiger partial charge in [0.2, 0.25) is 0 Å². The van der Waals surface area contributed by atoms with E-state index >= 15 is 0 Å². The number of nitrogens with one attached hydrogen (secondary N) is 3. The summed E-state index contributed by atoms with van der Waals surface area (Å²) < 4.78 is 33.6. The van der Waals surface area contributed by atoms with E-state index < -0.39 is 12.1 Å². The first-order valence-corrected chi connectivity index (χ1v) is 11.1. The van der Waals surface area contributed by atoms with Gasteiger partial charge in [-0.2, -0.15) is 0 Å². The second-order valence-corrected chi connectivity index (χ2v) is 8.80. The zero-order valence-corrected chi connectivity index (χ0v) is 17.7. The Morgan fingerprint density at radius 2 is 2.26 bits per heavy atom. The second-order valence-electron chi connectivity index (χ2n) is 7.61. The summed E-state index contributed by atoms with van der Waals surface area (Å²) in [6, 6.07) is 1.92. The van der Waals surface area contributed by atoms with E-state index in [4.69, 9.17) is 10.1 Å². The van der Waals surface area contributed by atoms with Crippen LogP contribution in [0.5, 0.6) is 0 Å². The molecule has 1 unspecified atom stereocenters. The lowest BCUT2D eigenvalue weighted by Gasteiger charge is -2.34. The van der Waals surface area contributed by atoms with Crippen LogP contribution in [0.1, 0.15) is 18.7 Å². The van der Waals surface area contributed by atoms with E-state index in [0.717, 1.165) is 51.2 Å². The minimum absolute atomic E-state index is 0.388. The summed E-state index contributed by atoms with van der Waals surface area (Å²) in [7, 11) is 0. The Morgan fingerprint density at radius 1 is 1.39 bits per heavy atom. The van der Waals surface area contributed by atoms with Crippen LogP contribution in [-0.2, 0) is 4.74 Å². The largest absolute Gasteiger partial charge is 0.379 e. The van der Waals surface area contributed by atoms with E-state index in [-0.39, 0.29) is 0 Å². The van der Waals surface area contributed by atoms with Crippen molar-refractivity contribution in [2.45, 2.75) is 24.5 Å². The average molecular weight is 450 g/mol. The molecule has 3 N–H and O–H groups in total. The number of hydrogen-bond acceptors (Lipinski definition) is 8. The number of alkyl halides is 2. The van der Waals surface area contributed by atoms with Crippen LogP contribution in [-0.4, -0.2) is 70.2 Å². The predicted molar refractivity (Wildman–Crippen MR) is 118 cm³/mol. The molecule has 2 aromatic rings. The molecule has 4 heterocycles. The van der Waals surface area contributed by atoms with Crippen molar-refractivity contribution in [2.75, 3.05) is 37.7 Å². The molecular weight excluding hydrogens is 424 g/mol. The van der Waals surface area contributed by atoms with Crippen molar-refractivity contribution >= 4 is 29.6 Å². The number of allylic oxidation sites excluding steroid dienone is 1. The third-order valence-corrected chi connectivity index (χ3v) is 6.19. The predicted octanol–water partition coefficient (Wildman–Crippen LogP) is 3.02. The second kappa shape index (κ2) is 10.3. The van der Waals surface area contributed by atoms with Gasteiger partial charge < -0.3 is 14.6 Å². The number of aromatic amines is 1. The summed E-state index contributed by atoms with van der Waals surface area (Å²) in [4.78, 5) is 18.3. The van der Waals surface area contributed by atoms with Crippen LogP contribution in [0.15, 0.2) is 24.7 Å². The Hall–Kier alpha value is -2.37. The van der Waals surface area contributed by atoms with Gasteiger partial charge >= 0.3 is 0 Å². The quantitative estimate of drug-likeness (QED) is 0.399. The van der Waals surface area contributed by atoms with E-state index in [1.807, 2.05) is 6.07 Å². The summed E-state index contributed by atoms with van der Waals surface area (Å²) >= 11 is 1.77. The van der Waals surface area contributed by atoms with Gasteiger partial charge in [-0.05, 0) is 30.9 Å². The Morgan fingerprint density at radius 3 is 3.03 bits per heavy atom. The van der Waals surface area contributed by atoms with Crippen LogP contribution in [0.25, 0.3) is 17.5 Å². The minimum atomic E-state index is -2.80. The van der Waals surface area contributed by atoms with Gasteiger partial charge in [0.25, 0.3) is 6.43 Å². The van der Waals surface area contributed by atoms with Crippen molar-refractivity contribution in [3.63, 3.8) is 0 Å². The normalized spacial score (nSPS) is 19.8. The number of hydrogen-bond donors (Lipinski definition) is 3. The fourth-order valence-electron chi connectivity index (χ4n) is 3.47. The van der Waals surface area contributed by atoms with Crippen LogP contribution >= 0.6 is 11.9 Å². The fourth-order valence-corrected chi connectivity index (χ4v) is 4.36.